The van der Waals surface area contributed by atoms with Gasteiger partial charge < -0.3 is 44.8 Å². The van der Waals surface area contributed by atoms with Crippen LogP contribution in [0.15, 0.2) is 12.3 Å². The molecular formula is C15H23ClO9. The molecule has 0 bridgehead atoms. The lowest BCUT2D eigenvalue weighted by Crippen LogP contribution is -2.60. The van der Waals surface area contributed by atoms with Gasteiger partial charge in [0, 0.05) is 12.3 Å². The minimum absolute atomic E-state index is 0.0358. The van der Waals surface area contributed by atoms with Crippen molar-refractivity contribution in [2.75, 3.05) is 12.5 Å². The third kappa shape index (κ3) is 3.29. The van der Waals surface area contributed by atoms with E-state index in [0.29, 0.717) is 0 Å². The van der Waals surface area contributed by atoms with Crippen molar-refractivity contribution in [1.29, 1.82) is 0 Å². The number of rotatable bonds is 4. The van der Waals surface area contributed by atoms with E-state index in [9.17, 15) is 30.6 Å². The zero-order valence-electron chi connectivity index (χ0n) is 13.3. The van der Waals surface area contributed by atoms with Crippen LogP contribution in [0.1, 0.15) is 6.42 Å². The van der Waals surface area contributed by atoms with Crippen molar-refractivity contribution in [1.82, 2.24) is 0 Å². The maximum atomic E-state index is 10.7. The quantitative estimate of drug-likeness (QED) is 0.293. The zero-order chi connectivity index (χ0) is 18.4. The van der Waals surface area contributed by atoms with Crippen LogP contribution in [0.25, 0.3) is 0 Å². The Balaban J connectivity index is 1.78. The first-order chi connectivity index (χ1) is 11.8. The molecule has 6 N–H and O–H groups in total. The van der Waals surface area contributed by atoms with Crippen LogP contribution in [-0.4, -0.2) is 91.8 Å². The maximum absolute atomic E-state index is 10.7. The van der Waals surface area contributed by atoms with Crippen LogP contribution in [0.2, 0.25) is 0 Å². The fourth-order valence-corrected chi connectivity index (χ4v) is 4.07. The Bertz CT molecular complexity index is 503. The van der Waals surface area contributed by atoms with Gasteiger partial charge in [0.2, 0.25) is 6.29 Å². The fourth-order valence-electron chi connectivity index (χ4n) is 3.79. The SMILES string of the molecule is OC[C@H]1O[C@@H](O[C@@H]2OC=C[C@H]3[C@H]2[C@](O)(CCl)C[C@H]3O)[C@H](O)[C@@H](O)[C@@H]1O. The number of hydrogen-bond donors (Lipinski definition) is 6. The van der Waals surface area contributed by atoms with Gasteiger partial charge in [0.25, 0.3) is 0 Å². The highest BCUT2D eigenvalue weighted by atomic mass is 35.5. The first-order valence-electron chi connectivity index (χ1n) is 8.07. The van der Waals surface area contributed by atoms with E-state index in [-0.39, 0.29) is 12.3 Å². The summed E-state index contributed by atoms with van der Waals surface area (Å²) in [6.45, 7) is -0.591. The van der Waals surface area contributed by atoms with E-state index in [4.69, 9.17) is 25.8 Å². The highest BCUT2D eigenvalue weighted by Gasteiger charge is 2.58. The largest absolute Gasteiger partial charge is 0.472 e. The van der Waals surface area contributed by atoms with Crippen molar-refractivity contribution in [3.63, 3.8) is 0 Å². The van der Waals surface area contributed by atoms with Crippen LogP contribution in [0.4, 0.5) is 0 Å². The first-order valence-corrected chi connectivity index (χ1v) is 8.60. The molecule has 3 aliphatic rings. The summed E-state index contributed by atoms with van der Waals surface area (Å²) in [5.74, 6) is -1.35. The number of aliphatic hydroxyl groups excluding tert-OH is 5. The molecule has 0 radical (unpaired) electrons. The molecular weight excluding hydrogens is 360 g/mol. The molecule has 1 saturated carbocycles. The van der Waals surface area contributed by atoms with E-state index in [1.54, 1.807) is 6.08 Å². The number of ether oxygens (including phenoxy) is 3. The summed E-state index contributed by atoms with van der Waals surface area (Å²) in [5, 5.41) is 59.8. The van der Waals surface area contributed by atoms with Gasteiger partial charge in [-0.25, -0.2) is 0 Å². The number of halogens is 1. The van der Waals surface area contributed by atoms with E-state index in [1.165, 1.54) is 6.26 Å². The van der Waals surface area contributed by atoms with Crippen LogP contribution in [-0.2, 0) is 14.2 Å². The molecule has 1 aliphatic carbocycles. The van der Waals surface area contributed by atoms with E-state index >= 15 is 0 Å². The average molecular weight is 383 g/mol. The summed E-state index contributed by atoms with van der Waals surface area (Å²) >= 11 is 5.88. The van der Waals surface area contributed by atoms with Gasteiger partial charge in [-0.15, -0.1) is 11.6 Å². The van der Waals surface area contributed by atoms with Gasteiger partial charge in [0.05, 0.1) is 36.4 Å². The molecule has 3 rings (SSSR count). The van der Waals surface area contributed by atoms with E-state index in [1.807, 2.05) is 0 Å². The number of hydrogen-bond acceptors (Lipinski definition) is 9. The van der Waals surface area contributed by atoms with E-state index in [2.05, 4.69) is 0 Å². The van der Waals surface area contributed by atoms with Gasteiger partial charge in [0.1, 0.15) is 24.4 Å². The van der Waals surface area contributed by atoms with E-state index in [0.717, 1.165) is 0 Å². The molecule has 10 atom stereocenters. The number of alkyl halides is 1. The molecule has 1 saturated heterocycles. The normalized spacial score (nSPS) is 52.7. The topological polar surface area (TPSA) is 149 Å². The number of fused-ring (bicyclic) bond motifs is 1. The molecule has 0 spiro atoms. The lowest BCUT2D eigenvalue weighted by Gasteiger charge is -2.43. The van der Waals surface area contributed by atoms with Crippen LogP contribution in [0.5, 0.6) is 0 Å². The van der Waals surface area contributed by atoms with Crippen LogP contribution in [0.3, 0.4) is 0 Å². The lowest BCUT2D eigenvalue weighted by molar-refractivity contribution is -0.346. The molecule has 0 amide bonds. The Morgan fingerprint density at radius 3 is 2.48 bits per heavy atom. The predicted octanol–water partition coefficient (Wildman–Crippen LogP) is -2.36. The maximum Gasteiger partial charge on any atom is 0.208 e. The van der Waals surface area contributed by atoms with Crippen LogP contribution in [0, 0.1) is 11.8 Å². The zero-order valence-corrected chi connectivity index (χ0v) is 14.0. The van der Waals surface area contributed by atoms with Crippen molar-refractivity contribution in [3.05, 3.63) is 12.3 Å². The summed E-state index contributed by atoms with van der Waals surface area (Å²) < 4.78 is 16.3. The highest BCUT2D eigenvalue weighted by molar-refractivity contribution is 6.18. The van der Waals surface area contributed by atoms with Crippen molar-refractivity contribution < 1.29 is 44.8 Å². The Labute approximate surface area is 149 Å². The summed E-state index contributed by atoms with van der Waals surface area (Å²) in [5.41, 5.74) is -1.45. The Morgan fingerprint density at radius 1 is 1.12 bits per heavy atom. The molecule has 0 aromatic carbocycles. The minimum Gasteiger partial charge on any atom is -0.472 e. The standard InChI is InChI=1S/C15H23ClO9/c16-5-15(22)3-7(18)6-1-2-23-13(9(6)15)25-14-12(21)11(20)10(19)8(4-17)24-14/h1-2,6-14,17-22H,3-5H2/t6-,7-,8-,9-,10-,11+,12-,13+,14+,15-/m1/s1. The molecule has 2 aliphatic heterocycles. The summed E-state index contributed by atoms with van der Waals surface area (Å²) in [7, 11) is 0. The van der Waals surface area contributed by atoms with Crippen LogP contribution >= 0.6 is 11.6 Å². The second-order valence-electron chi connectivity index (χ2n) is 6.78. The average Bonchev–Trinajstić information content (AvgIpc) is 2.88. The summed E-state index contributed by atoms with van der Waals surface area (Å²) in [6.07, 6.45) is -6.22. The van der Waals surface area contributed by atoms with Crippen molar-refractivity contribution in [2.24, 2.45) is 11.8 Å². The second-order valence-corrected chi connectivity index (χ2v) is 7.05. The monoisotopic (exact) mass is 382 g/mol. The Morgan fingerprint density at radius 2 is 1.84 bits per heavy atom. The van der Waals surface area contributed by atoms with Crippen molar-refractivity contribution in [3.8, 4) is 0 Å². The van der Waals surface area contributed by atoms with Gasteiger partial charge in [-0.2, -0.15) is 0 Å². The Hall–Kier alpha value is -0.490. The molecule has 9 nitrogen and oxygen atoms in total. The lowest BCUT2D eigenvalue weighted by atomic mass is 9.85. The molecule has 0 unspecified atom stereocenters. The van der Waals surface area contributed by atoms with Gasteiger partial charge in [-0.05, 0) is 6.08 Å². The predicted molar refractivity (Wildman–Crippen MR) is 82.1 cm³/mol. The minimum atomic E-state index is -1.60. The first kappa shape index (κ1) is 19.3. The van der Waals surface area contributed by atoms with E-state index < -0.39 is 67.1 Å². The molecule has 2 fully saturated rings. The van der Waals surface area contributed by atoms with Gasteiger partial charge in [0.15, 0.2) is 6.29 Å². The summed E-state index contributed by atoms with van der Waals surface area (Å²) in [6, 6.07) is 0. The summed E-state index contributed by atoms with van der Waals surface area (Å²) in [4.78, 5) is 0. The van der Waals surface area contributed by atoms with Gasteiger partial charge in [-0.1, -0.05) is 0 Å². The van der Waals surface area contributed by atoms with Crippen LogP contribution < -0.4 is 0 Å². The third-order valence-electron chi connectivity index (χ3n) is 5.20. The molecule has 0 aromatic rings. The molecule has 25 heavy (non-hydrogen) atoms. The highest BCUT2D eigenvalue weighted by Crippen LogP contribution is 2.47. The Kier molecular flexibility index (Phi) is 5.60. The van der Waals surface area contributed by atoms with Crippen molar-refractivity contribution >= 4 is 11.6 Å². The third-order valence-corrected chi connectivity index (χ3v) is 5.66. The molecule has 2 heterocycles. The van der Waals surface area contributed by atoms with Gasteiger partial charge in [-0.3, -0.25) is 0 Å². The molecule has 10 heteroatoms. The smallest absolute Gasteiger partial charge is 0.208 e. The molecule has 144 valence electrons. The van der Waals surface area contributed by atoms with Gasteiger partial charge >= 0.3 is 0 Å². The molecule has 0 aromatic heterocycles. The number of aliphatic hydroxyl groups is 6. The fraction of sp³-hybridized carbons (Fsp3) is 0.867. The second kappa shape index (κ2) is 7.26. The van der Waals surface area contributed by atoms with Crippen molar-refractivity contribution in [2.45, 2.75) is 55.1 Å².